The molecule has 2 aliphatic rings. The molecular formula is C25H34N4O4S. The van der Waals surface area contributed by atoms with Crippen molar-refractivity contribution in [3.05, 3.63) is 42.1 Å². The Hall–Kier alpha value is -2.68. The third kappa shape index (κ3) is 5.04. The van der Waals surface area contributed by atoms with Crippen molar-refractivity contribution >= 4 is 21.7 Å². The van der Waals surface area contributed by atoms with Gasteiger partial charge in [0.25, 0.3) is 15.9 Å². The van der Waals surface area contributed by atoms with E-state index in [1.54, 1.807) is 30.5 Å². The number of nitrogens with zero attached hydrogens (tertiary/aromatic N) is 3. The van der Waals surface area contributed by atoms with Gasteiger partial charge in [-0.05, 0) is 69.6 Å². The molecule has 4 rings (SSSR count). The molecule has 1 aliphatic carbocycles. The maximum absolute atomic E-state index is 13.1. The lowest BCUT2D eigenvalue weighted by Gasteiger charge is -2.36. The number of carbonyl (C=O) groups excluding carboxylic acids is 1. The minimum atomic E-state index is -4.20. The molecule has 184 valence electrons. The average molecular weight is 487 g/mol. The average Bonchev–Trinajstić information content (AvgIpc) is 3.06. The van der Waals surface area contributed by atoms with E-state index in [1.165, 1.54) is 12.5 Å². The van der Waals surface area contributed by atoms with Crippen LogP contribution in [0.25, 0.3) is 0 Å². The van der Waals surface area contributed by atoms with Crippen molar-refractivity contribution < 1.29 is 17.9 Å². The quantitative estimate of drug-likeness (QED) is 0.654. The fourth-order valence-electron chi connectivity index (χ4n) is 4.90. The predicted molar refractivity (Wildman–Crippen MR) is 130 cm³/mol. The van der Waals surface area contributed by atoms with Crippen LogP contribution in [-0.4, -0.2) is 42.5 Å². The number of pyridine rings is 2. The number of hydrogen-bond acceptors (Lipinski definition) is 7. The molecule has 3 heterocycles. The third-order valence-electron chi connectivity index (χ3n) is 7.35. The van der Waals surface area contributed by atoms with Gasteiger partial charge in [-0.25, -0.2) is 9.71 Å². The molecule has 34 heavy (non-hydrogen) atoms. The van der Waals surface area contributed by atoms with Crippen LogP contribution in [0.1, 0.15) is 70.2 Å². The standard InChI is InChI=1S/C25H34N4O4S/c1-17-8-5-9-19(16-17)33-21-11-6-12-22(27-21)34(31,32)28-24(30)20-10-7-14-26-23(20)29-15-13-18(2)25(29,3)4/h6-7,10-12,14,17-19H,5,8-9,13,15-16H2,1-4H3,(H,28,30). The molecule has 8 nitrogen and oxygen atoms in total. The Balaban J connectivity index is 1.53. The highest BCUT2D eigenvalue weighted by atomic mass is 32.2. The third-order valence-corrected chi connectivity index (χ3v) is 8.58. The molecule has 3 unspecified atom stereocenters. The first-order valence-electron chi connectivity index (χ1n) is 12.0. The second-order valence-corrected chi connectivity index (χ2v) is 11.8. The van der Waals surface area contributed by atoms with Crippen LogP contribution in [0.5, 0.6) is 5.88 Å². The number of sulfonamides is 1. The molecule has 1 aliphatic heterocycles. The highest BCUT2D eigenvalue weighted by molar-refractivity contribution is 7.90. The molecule has 1 saturated heterocycles. The summed E-state index contributed by atoms with van der Waals surface area (Å²) in [5.74, 6) is 0.994. The van der Waals surface area contributed by atoms with E-state index in [-0.39, 0.29) is 28.1 Å². The molecule has 2 fully saturated rings. The number of amides is 1. The number of anilines is 1. The maximum Gasteiger partial charge on any atom is 0.281 e. The molecule has 0 spiro atoms. The van der Waals surface area contributed by atoms with Crippen LogP contribution >= 0.6 is 0 Å². The van der Waals surface area contributed by atoms with Crippen molar-refractivity contribution in [1.82, 2.24) is 14.7 Å². The van der Waals surface area contributed by atoms with Gasteiger partial charge >= 0.3 is 0 Å². The summed E-state index contributed by atoms with van der Waals surface area (Å²) >= 11 is 0. The first-order valence-corrected chi connectivity index (χ1v) is 13.5. The summed E-state index contributed by atoms with van der Waals surface area (Å²) in [7, 11) is -4.20. The van der Waals surface area contributed by atoms with E-state index >= 15 is 0 Å². The van der Waals surface area contributed by atoms with Gasteiger partial charge in [-0.2, -0.15) is 13.4 Å². The van der Waals surface area contributed by atoms with Gasteiger partial charge in [0.05, 0.1) is 5.56 Å². The number of ether oxygens (including phenoxy) is 1. The van der Waals surface area contributed by atoms with E-state index in [9.17, 15) is 13.2 Å². The van der Waals surface area contributed by atoms with E-state index in [0.717, 1.165) is 32.2 Å². The molecule has 1 amide bonds. The molecule has 1 N–H and O–H groups in total. The fraction of sp³-hybridized carbons (Fsp3) is 0.560. The Labute approximate surface area is 202 Å². The van der Waals surface area contributed by atoms with Gasteiger partial charge in [0.15, 0.2) is 5.03 Å². The van der Waals surface area contributed by atoms with Gasteiger partial charge < -0.3 is 9.64 Å². The highest BCUT2D eigenvalue weighted by Crippen LogP contribution is 2.38. The molecule has 9 heteroatoms. The van der Waals surface area contributed by atoms with Crippen LogP contribution in [0.4, 0.5) is 5.82 Å². The summed E-state index contributed by atoms with van der Waals surface area (Å²) in [5.41, 5.74) is 0.0170. The van der Waals surface area contributed by atoms with Gasteiger partial charge in [0.1, 0.15) is 11.9 Å². The summed E-state index contributed by atoms with van der Waals surface area (Å²) in [6, 6.07) is 7.83. The largest absolute Gasteiger partial charge is 0.474 e. The Kier molecular flexibility index (Phi) is 6.85. The van der Waals surface area contributed by atoms with Gasteiger partial charge in [-0.15, -0.1) is 0 Å². The summed E-state index contributed by atoms with van der Waals surface area (Å²) in [6.07, 6.45) is 6.72. The van der Waals surface area contributed by atoms with Gasteiger partial charge in [0.2, 0.25) is 5.88 Å². The Bertz CT molecular complexity index is 1150. The van der Waals surface area contributed by atoms with Crippen LogP contribution in [-0.2, 0) is 10.0 Å². The second-order valence-electron chi connectivity index (χ2n) is 10.1. The van der Waals surface area contributed by atoms with Crippen molar-refractivity contribution in [2.24, 2.45) is 11.8 Å². The number of carbonyl (C=O) groups is 1. The van der Waals surface area contributed by atoms with Crippen LogP contribution in [0.15, 0.2) is 41.6 Å². The van der Waals surface area contributed by atoms with Crippen LogP contribution in [0.3, 0.4) is 0 Å². The Morgan fingerprint density at radius 1 is 1.15 bits per heavy atom. The molecule has 1 saturated carbocycles. The van der Waals surface area contributed by atoms with Crippen LogP contribution in [0, 0.1) is 11.8 Å². The van der Waals surface area contributed by atoms with Crippen LogP contribution < -0.4 is 14.4 Å². The first-order chi connectivity index (χ1) is 16.1. The smallest absolute Gasteiger partial charge is 0.281 e. The van der Waals surface area contributed by atoms with E-state index < -0.39 is 15.9 Å². The van der Waals surface area contributed by atoms with Crippen molar-refractivity contribution in [3.8, 4) is 5.88 Å². The Morgan fingerprint density at radius 2 is 1.94 bits per heavy atom. The number of hydrogen-bond donors (Lipinski definition) is 1. The van der Waals surface area contributed by atoms with E-state index in [1.807, 2.05) is 0 Å². The highest BCUT2D eigenvalue weighted by Gasteiger charge is 2.40. The number of rotatable bonds is 6. The first kappa shape index (κ1) is 24.4. The van der Waals surface area contributed by atoms with Crippen LogP contribution in [0.2, 0.25) is 0 Å². The van der Waals surface area contributed by atoms with Crippen molar-refractivity contribution in [3.63, 3.8) is 0 Å². The lowest BCUT2D eigenvalue weighted by Crippen LogP contribution is -2.43. The molecule has 0 radical (unpaired) electrons. The van der Waals surface area contributed by atoms with Gasteiger partial charge in [0, 0.05) is 24.3 Å². The zero-order chi connectivity index (χ0) is 24.5. The summed E-state index contributed by atoms with van der Waals surface area (Å²) < 4.78 is 34.2. The van der Waals surface area contributed by atoms with E-state index in [4.69, 9.17) is 4.74 Å². The summed E-state index contributed by atoms with van der Waals surface area (Å²) in [4.78, 5) is 23.8. The number of aromatic nitrogens is 2. The zero-order valence-electron chi connectivity index (χ0n) is 20.3. The van der Waals surface area contributed by atoms with Crippen molar-refractivity contribution in [2.75, 3.05) is 11.4 Å². The topological polar surface area (TPSA) is 101 Å². The minimum Gasteiger partial charge on any atom is -0.474 e. The molecule has 2 aromatic rings. The maximum atomic E-state index is 13.1. The molecule has 3 atom stereocenters. The summed E-state index contributed by atoms with van der Waals surface area (Å²) in [5, 5.41) is -0.247. The van der Waals surface area contributed by atoms with Crippen molar-refractivity contribution in [1.29, 1.82) is 0 Å². The molecule has 0 bridgehead atoms. The minimum absolute atomic E-state index is 0.0213. The Morgan fingerprint density at radius 3 is 2.65 bits per heavy atom. The second kappa shape index (κ2) is 9.52. The monoisotopic (exact) mass is 486 g/mol. The molecule has 2 aromatic heterocycles. The fourth-order valence-corrected chi connectivity index (χ4v) is 5.82. The van der Waals surface area contributed by atoms with E-state index in [0.29, 0.717) is 17.7 Å². The molecule has 0 aromatic carbocycles. The lowest BCUT2D eigenvalue weighted by molar-refractivity contribution is 0.0981. The molecular weight excluding hydrogens is 452 g/mol. The van der Waals surface area contributed by atoms with Crippen molar-refractivity contribution in [2.45, 2.75) is 76.5 Å². The normalized spacial score (nSPS) is 24.6. The zero-order valence-corrected chi connectivity index (χ0v) is 21.1. The van der Waals surface area contributed by atoms with E-state index in [2.05, 4.69) is 47.3 Å². The lowest BCUT2D eigenvalue weighted by atomic mass is 9.89. The number of nitrogens with one attached hydrogen (secondary N) is 1. The van der Waals surface area contributed by atoms with Gasteiger partial charge in [-0.3, -0.25) is 4.79 Å². The SMILES string of the molecule is CC1CCCC(Oc2cccc(S(=O)(=O)NC(=O)c3cccnc3N3CCC(C)C3(C)C)n2)C1. The predicted octanol–water partition coefficient (Wildman–Crippen LogP) is 4.18. The van der Waals surface area contributed by atoms with Gasteiger partial charge in [-0.1, -0.05) is 26.3 Å². The summed E-state index contributed by atoms with van der Waals surface area (Å²) in [6.45, 7) is 9.33.